The van der Waals surface area contributed by atoms with Gasteiger partial charge in [-0.25, -0.2) is 0 Å². The quantitative estimate of drug-likeness (QED) is 0.493. The normalized spacial score (nSPS) is 26.3. The summed E-state index contributed by atoms with van der Waals surface area (Å²) in [5.74, 6) is 0.676. The Kier molecular flexibility index (Phi) is 3.02. The van der Waals surface area contributed by atoms with Crippen LogP contribution in [-0.4, -0.2) is 23.7 Å². The molecular formula is C13H17N3O3. The van der Waals surface area contributed by atoms with E-state index in [-0.39, 0.29) is 23.5 Å². The van der Waals surface area contributed by atoms with Crippen LogP contribution in [0.25, 0.3) is 0 Å². The van der Waals surface area contributed by atoms with Crippen molar-refractivity contribution in [3.63, 3.8) is 0 Å². The third kappa shape index (κ3) is 2.49. The number of nitrogens with one attached hydrogen (secondary N) is 1. The summed E-state index contributed by atoms with van der Waals surface area (Å²) in [6, 6.07) is 5.06. The van der Waals surface area contributed by atoms with Gasteiger partial charge in [0.25, 0.3) is 5.69 Å². The minimum Gasteiger partial charge on any atom is -0.393 e. The van der Waals surface area contributed by atoms with Gasteiger partial charge in [-0.05, 0) is 37.3 Å². The average Bonchev–Trinajstić information content (AvgIpc) is 3.10. The molecule has 1 aliphatic carbocycles. The molecule has 19 heavy (non-hydrogen) atoms. The molecule has 0 amide bonds. The molecule has 3 rings (SSSR count). The molecule has 0 aromatic heterocycles. The molecule has 1 aromatic rings. The van der Waals surface area contributed by atoms with Crippen molar-refractivity contribution < 1.29 is 9.66 Å². The molecule has 0 spiro atoms. The van der Waals surface area contributed by atoms with Gasteiger partial charge >= 0.3 is 0 Å². The fourth-order valence-corrected chi connectivity index (χ4v) is 2.68. The number of hydrogen-bond donors (Lipinski definition) is 2. The molecule has 2 fully saturated rings. The molecule has 2 atom stereocenters. The van der Waals surface area contributed by atoms with Gasteiger partial charge in [-0.15, -0.1) is 0 Å². The number of benzene rings is 1. The van der Waals surface area contributed by atoms with E-state index in [2.05, 4.69) is 5.32 Å². The summed E-state index contributed by atoms with van der Waals surface area (Å²) in [6.45, 7) is 0.779. The first kappa shape index (κ1) is 12.2. The summed E-state index contributed by atoms with van der Waals surface area (Å²) < 4.78 is 5.75. The number of nitro groups is 1. The molecule has 1 heterocycles. The van der Waals surface area contributed by atoms with Crippen LogP contribution in [0.1, 0.15) is 19.3 Å². The van der Waals surface area contributed by atoms with Gasteiger partial charge in [-0.2, -0.15) is 0 Å². The topological polar surface area (TPSA) is 90.4 Å². The molecule has 1 aliphatic heterocycles. The zero-order valence-corrected chi connectivity index (χ0v) is 10.5. The monoisotopic (exact) mass is 263 g/mol. The van der Waals surface area contributed by atoms with E-state index >= 15 is 0 Å². The molecule has 2 aliphatic rings. The molecule has 0 bridgehead atoms. The maximum absolute atomic E-state index is 10.7. The summed E-state index contributed by atoms with van der Waals surface area (Å²) in [5.41, 5.74) is 6.66. The molecule has 6 nitrogen and oxygen atoms in total. The van der Waals surface area contributed by atoms with Gasteiger partial charge in [0.05, 0.1) is 17.1 Å². The minimum absolute atomic E-state index is 0.0491. The number of rotatable bonds is 4. The van der Waals surface area contributed by atoms with Crippen LogP contribution in [0.2, 0.25) is 0 Å². The highest BCUT2D eigenvalue weighted by Crippen LogP contribution is 2.39. The summed E-state index contributed by atoms with van der Waals surface area (Å²) in [7, 11) is 0. The van der Waals surface area contributed by atoms with Gasteiger partial charge in [0, 0.05) is 18.4 Å². The molecule has 6 heteroatoms. The molecule has 2 unspecified atom stereocenters. The summed E-state index contributed by atoms with van der Waals surface area (Å²) in [5, 5.41) is 14.1. The van der Waals surface area contributed by atoms with E-state index in [4.69, 9.17) is 10.5 Å². The first-order valence-electron chi connectivity index (χ1n) is 6.57. The lowest BCUT2D eigenvalue weighted by atomic mass is 10.1. The Morgan fingerprint density at radius 1 is 1.37 bits per heavy atom. The van der Waals surface area contributed by atoms with Crippen molar-refractivity contribution in [1.82, 2.24) is 0 Å². The highest BCUT2D eigenvalue weighted by molar-refractivity contribution is 5.66. The second-order valence-corrected chi connectivity index (χ2v) is 5.24. The lowest BCUT2D eigenvalue weighted by molar-refractivity contribution is -0.383. The molecule has 0 radical (unpaired) electrons. The zero-order chi connectivity index (χ0) is 13.4. The predicted molar refractivity (Wildman–Crippen MR) is 72.0 cm³/mol. The molecule has 1 saturated carbocycles. The summed E-state index contributed by atoms with van der Waals surface area (Å²) in [6.07, 6.45) is 3.73. The van der Waals surface area contributed by atoms with E-state index in [0.717, 1.165) is 18.7 Å². The van der Waals surface area contributed by atoms with E-state index in [0.29, 0.717) is 5.92 Å². The van der Waals surface area contributed by atoms with Crippen LogP contribution in [0.4, 0.5) is 17.1 Å². The second kappa shape index (κ2) is 4.70. The van der Waals surface area contributed by atoms with Gasteiger partial charge in [-0.1, -0.05) is 0 Å². The average molecular weight is 263 g/mol. The number of nitrogens with two attached hydrogens (primary N) is 1. The fraction of sp³-hybridized carbons (Fsp3) is 0.538. The Morgan fingerprint density at radius 2 is 2.16 bits per heavy atom. The van der Waals surface area contributed by atoms with E-state index < -0.39 is 4.92 Å². The molecule has 1 aromatic carbocycles. The second-order valence-electron chi connectivity index (χ2n) is 5.24. The predicted octanol–water partition coefficient (Wildman–Crippen LogP) is 2.16. The highest BCUT2D eigenvalue weighted by atomic mass is 16.6. The van der Waals surface area contributed by atoms with Crippen molar-refractivity contribution in [3.8, 4) is 0 Å². The lowest BCUT2D eigenvalue weighted by Crippen LogP contribution is -2.30. The SMILES string of the molecule is Nc1cc(NC2CCOC2C2CC2)ccc1[N+](=O)[O-]. The van der Waals surface area contributed by atoms with Crippen molar-refractivity contribution in [2.75, 3.05) is 17.7 Å². The summed E-state index contributed by atoms with van der Waals surface area (Å²) in [4.78, 5) is 10.2. The Hall–Kier alpha value is -1.82. The first-order valence-corrected chi connectivity index (χ1v) is 6.57. The van der Waals surface area contributed by atoms with Gasteiger partial charge in [0.15, 0.2) is 0 Å². The largest absolute Gasteiger partial charge is 0.393 e. The maximum Gasteiger partial charge on any atom is 0.292 e. The van der Waals surface area contributed by atoms with Crippen LogP contribution in [0.15, 0.2) is 18.2 Å². The van der Waals surface area contributed by atoms with Crippen molar-refractivity contribution in [2.45, 2.75) is 31.4 Å². The number of nitro benzene ring substituents is 1. The van der Waals surface area contributed by atoms with Crippen LogP contribution in [0.5, 0.6) is 0 Å². The van der Waals surface area contributed by atoms with E-state index in [1.54, 1.807) is 12.1 Å². The van der Waals surface area contributed by atoms with Crippen LogP contribution >= 0.6 is 0 Å². The summed E-state index contributed by atoms with van der Waals surface area (Å²) >= 11 is 0. The Labute approximate surface area is 111 Å². The van der Waals surface area contributed by atoms with Crippen molar-refractivity contribution in [3.05, 3.63) is 28.3 Å². The van der Waals surface area contributed by atoms with E-state index in [1.165, 1.54) is 18.9 Å². The fourth-order valence-electron chi connectivity index (χ4n) is 2.68. The highest BCUT2D eigenvalue weighted by Gasteiger charge is 2.40. The van der Waals surface area contributed by atoms with E-state index in [9.17, 15) is 10.1 Å². The molecule has 102 valence electrons. The lowest BCUT2D eigenvalue weighted by Gasteiger charge is -2.20. The van der Waals surface area contributed by atoms with Crippen molar-refractivity contribution >= 4 is 17.1 Å². The number of ether oxygens (including phenoxy) is 1. The van der Waals surface area contributed by atoms with Gasteiger partial charge < -0.3 is 15.8 Å². The number of nitrogens with zero attached hydrogens (tertiary/aromatic N) is 1. The van der Waals surface area contributed by atoms with Crippen LogP contribution in [-0.2, 0) is 4.74 Å². The molecule has 1 saturated heterocycles. The smallest absolute Gasteiger partial charge is 0.292 e. The minimum atomic E-state index is -0.467. The Morgan fingerprint density at radius 3 is 2.79 bits per heavy atom. The van der Waals surface area contributed by atoms with Gasteiger partial charge in [-0.3, -0.25) is 10.1 Å². The van der Waals surface area contributed by atoms with Crippen molar-refractivity contribution in [2.24, 2.45) is 5.92 Å². The maximum atomic E-state index is 10.7. The third-order valence-corrected chi connectivity index (χ3v) is 3.80. The van der Waals surface area contributed by atoms with Gasteiger partial charge in [0.1, 0.15) is 5.69 Å². The number of anilines is 2. The van der Waals surface area contributed by atoms with Crippen LogP contribution in [0, 0.1) is 16.0 Å². The van der Waals surface area contributed by atoms with Crippen molar-refractivity contribution in [1.29, 1.82) is 0 Å². The molecular weight excluding hydrogens is 246 g/mol. The van der Waals surface area contributed by atoms with Crippen LogP contribution in [0.3, 0.4) is 0 Å². The van der Waals surface area contributed by atoms with Crippen LogP contribution < -0.4 is 11.1 Å². The van der Waals surface area contributed by atoms with Gasteiger partial charge in [0.2, 0.25) is 0 Å². The number of nitrogen functional groups attached to an aromatic ring is 1. The third-order valence-electron chi connectivity index (χ3n) is 3.80. The Bertz CT molecular complexity index is 502. The number of hydrogen-bond acceptors (Lipinski definition) is 5. The molecule has 3 N–H and O–H groups in total. The standard InChI is InChI=1S/C13H17N3O3/c14-10-7-9(3-4-12(10)16(17)18)15-11-5-6-19-13(11)8-1-2-8/h3-4,7-8,11,13,15H,1-2,5-6,14H2. The first-order chi connectivity index (χ1) is 9.15. The van der Waals surface area contributed by atoms with E-state index in [1.807, 2.05) is 0 Å². The zero-order valence-electron chi connectivity index (χ0n) is 10.5. The Balaban J connectivity index is 1.72.